The number of rotatable bonds is 6. The van der Waals surface area contributed by atoms with Crippen molar-refractivity contribution in [2.24, 2.45) is 0 Å². The van der Waals surface area contributed by atoms with E-state index in [1.54, 1.807) is 24.1 Å². The SMILES string of the molecule is COc1ccc([C@H]2Cc3c(C#N)cccc3N(CCN(C)C)C(=O)[C@H]2OC(C)=O)cc1. The molecule has 2 aromatic carbocycles. The number of amides is 1. The van der Waals surface area contributed by atoms with Gasteiger partial charge in [0.05, 0.1) is 18.7 Å². The summed E-state index contributed by atoms with van der Waals surface area (Å²) in [5.74, 6) is -0.541. The largest absolute Gasteiger partial charge is 0.497 e. The second-order valence-corrected chi connectivity index (χ2v) is 7.82. The van der Waals surface area contributed by atoms with Crippen molar-refractivity contribution in [3.63, 3.8) is 0 Å². The molecule has 0 aromatic heterocycles. The van der Waals surface area contributed by atoms with E-state index in [0.29, 0.717) is 36.5 Å². The third kappa shape index (κ3) is 4.86. The van der Waals surface area contributed by atoms with Gasteiger partial charge >= 0.3 is 5.97 Å². The Labute approximate surface area is 182 Å². The molecule has 0 bridgehead atoms. The number of nitriles is 1. The summed E-state index contributed by atoms with van der Waals surface area (Å²) >= 11 is 0. The second kappa shape index (κ2) is 9.63. The maximum Gasteiger partial charge on any atom is 0.303 e. The Kier molecular flexibility index (Phi) is 6.93. The molecule has 0 N–H and O–H groups in total. The van der Waals surface area contributed by atoms with Gasteiger partial charge < -0.3 is 19.3 Å². The summed E-state index contributed by atoms with van der Waals surface area (Å²) in [5.41, 5.74) is 2.84. The second-order valence-electron chi connectivity index (χ2n) is 7.82. The molecule has 1 aliphatic rings. The third-order valence-corrected chi connectivity index (χ3v) is 5.47. The molecule has 3 rings (SSSR count). The fourth-order valence-corrected chi connectivity index (χ4v) is 3.90. The molecule has 2 atom stereocenters. The predicted octanol–water partition coefficient (Wildman–Crippen LogP) is 2.73. The average molecular weight is 421 g/mol. The van der Waals surface area contributed by atoms with Crippen molar-refractivity contribution in [1.82, 2.24) is 4.90 Å². The quantitative estimate of drug-likeness (QED) is 0.667. The van der Waals surface area contributed by atoms with Gasteiger partial charge in [-0.1, -0.05) is 18.2 Å². The minimum Gasteiger partial charge on any atom is -0.497 e. The number of hydrogen-bond donors (Lipinski definition) is 0. The van der Waals surface area contributed by atoms with Crippen molar-refractivity contribution in [3.8, 4) is 11.8 Å². The van der Waals surface area contributed by atoms with Gasteiger partial charge in [0.1, 0.15) is 5.75 Å². The molecule has 2 aromatic rings. The molecule has 7 nitrogen and oxygen atoms in total. The van der Waals surface area contributed by atoms with Crippen molar-refractivity contribution in [2.75, 3.05) is 39.2 Å². The lowest BCUT2D eigenvalue weighted by molar-refractivity contribution is -0.154. The summed E-state index contributed by atoms with van der Waals surface area (Å²) in [7, 11) is 5.45. The van der Waals surface area contributed by atoms with E-state index in [-0.39, 0.29) is 5.91 Å². The Bertz CT molecular complexity index is 995. The standard InChI is InChI=1S/C24H27N3O4/c1-16(28)31-23-21(17-8-10-19(30-4)11-9-17)14-20-18(15-25)6-5-7-22(20)27(24(23)29)13-12-26(2)3/h5-11,21,23H,12-14H2,1-4H3/t21-,23+/m1/s1. The Morgan fingerprint density at radius 3 is 2.52 bits per heavy atom. The number of esters is 1. The fourth-order valence-electron chi connectivity index (χ4n) is 3.90. The lowest BCUT2D eigenvalue weighted by atomic mass is 9.86. The summed E-state index contributed by atoms with van der Waals surface area (Å²) in [6.07, 6.45) is -0.597. The minimum absolute atomic E-state index is 0.285. The highest BCUT2D eigenvalue weighted by atomic mass is 16.5. The number of benzene rings is 2. The topological polar surface area (TPSA) is 82.9 Å². The molecule has 31 heavy (non-hydrogen) atoms. The van der Waals surface area contributed by atoms with Crippen LogP contribution in [0.4, 0.5) is 5.69 Å². The summed E-state index contributed by atoms with van der Waals surface area (Å²) < 4.78 is 10.8. The van der Waals surface area contributed by atoms with Crippen LogP contribution in [0.15, 0.2) is 42.5 Å². The van der Waals surface area contributed by atoms with E-state index in [1.165, 1.54) is 6.92 Å². The van der Waals surface area contributed by atoms with Crippen LogP contribution in [0.3, 0.4) is 0 Å². The Morgan fingerprint density at radius 2 is 1.94 bits per heavy atom. The number of hydrogen-bond acceptors (Lipinski definition) is 6. The number of methoxy groups -OCH3 is 1. The van der Waals surface area contributed by atoms with E-state index in [0.717, 1.165) is 11.1 Å². The van der Waals surface area contributed by atoms with E-state index < -0.39 is 18.0 Å². The number of ether oxygens (including phenoxy) is 2. The molecule has 0 saturated heterocycles. The van der Waals surface area contributed by atoms with Crippen molar-refractivity contribution < 1.29 is 19.1 Å². The zero-order valence-electron chi connectivity index (χ0n) is 18.3. The number of anilines is 1. The first kappa shape index (κ1) is 22.3. The van der Waals surface area contributed by atoms with Crippen LogP contribution in [0.25, 0.3) is 0 Å². The molecule has 0 unspecified atom stereocenters. The van der Waals surface area contributed by atoms with Crippen LogP contribution in [0.1, 0.15) is 29.5 Å². The van der Waals surface area contributed by atoms with Crippen LogP contribution in [0.5, 0.6) is 5.75 Å². The molecule has 7 heteroatoms. The molecule has 1 aliphatic heterocycles. The summed E-state index contributed by atoms with van der Waals surface area (Å²) in [6, 6.07) is 15.0. The fraction of sp³-hybridized carbons (Fsp3) is 0.375. The lowest BCUT2D eigenvalue weighted by Gasteiger charge is -2.29. The van der Waals surface area contributed by atoms with Crippen LogP contribution in [0, 0.1) is 11.3 Å². The zero-order chi connectivity index (χ0) is 22.5. The molecule has 1 heterocycles. The van der Waals surface area contributed by atoms with Gasteiger partial charge in [-0.15, -0.1) is 0 Å². The van der Waals surface area contributed by atoms with E-state index in [2.05, 4.69) is 6.07 Å². The average Bonchev–Trinajstić information content (AvgIpc) is 2.86. The van der Waals surface area contributed by atoms with Crippen molar-refractivity contribution in [3.05, 3.63) is 59.2 Å². The van der Waals surface area contributed by atoms with Gasteiger partial charge in [0.25, 0.3) is 5.91 Å². The highest BCUT2D eigenvalue weighted by molar-refractivity contribution is 6.00. The monoisotopic (exact) mass is 421 g/mol. The van der Waals surface area contributed by atoms with Gasteiger partial charge in [-0.25, -0.2) is 0 Å². The Morgan fingerprint density at radius 1 is 1.23 bits per heavy atom. The Balaban J connectivity index is 2.15. The molecule has 0 aliphatic carbocycles. The van der Waals surface area contributed by atoms with Crippen LogP contribution in [0.2, 0.25) is 0 Å². The van der Waals surface area contributed by atoms with E-state index in [1.807, 2.05) is 49.3 Å². The molecular weight excluding hydrogens is 394 g/mol. The summed E-state index contributed by atoms with van der Waals surface area (Å²) in [6.45, 7) is 2.35. The number of likely N-dealkylation sites (N-methyl/N-ethyl adjacent to an activating group) is 1. The summed E-state index contributed by atoms with van der Waals surface area (Å²) in [4.78, 5) is 29.3. The lowest BCUT2D eigenvalue weighted by Crippen LogP contribution is -2.45. The van der Waals surface area contributed by atoms with Crippen LogP contribution in [-0.2, 0) is 20.7 Å². The number of nitrogens with zero attached hydrogens (tertiary/aromatic N) is 3. The smallest absolute Gasteiger partial charge is 0.303 e. The van der Waals surface area contributed by atoms with E-state index in [9.17, 15) is 14.9 Å². The van der Waals surface area contributed by atoms with Crippen molar-refractivity contribution in [2.45, 2.75) is 25.4 Å². The maximum absolute atomic E-state index is 13.7. The van der Waals surface area contributed by atoms with Crippen LogP contribution >= 0.6 is 0 Å². The molecule has 0 radical (unpaired) electrons. The maximum atomic E-state index is 13.7. The van der Waals surface area contributed by atoms with E-state index in [4.69, 9.17) is 9.47 Å². The molecule has 162 valence electrons. The van der Waals surface area contributed by atoms with Crippen LogP contribution < -0.4 is 9.64 Å². The van der Waals surface area contributed by atoms with Gasteiger partial charge in [0, 0.05) is 31.6 Å². The number of fused-ring (bicyclic) bond motifs is 1. The Hall–Kier alpha value is -3.37. The first-order chi connectivity index (χ1) is 14.8. The number of carbonyl (C=O) groups excluding carboxylic acids is 2. The molecule has 1 amide bonds. The summed E-state index contributed by atoms with van der Waals surface area (Å²) in [5, 5.41) is 9.73. The molecular formula is C24H27N3O4. The van der Waals surface area contributed by atoms with Crippen molar-refractivity contribution >= 4 is 17.6 Å². The van der Waals surface area contributed by atoms with E-state index >= 15 is 0 Å². The van der Waals surface area contributed by atoms with Gasteiger partial charge in [-0.05, 0) is 55.9 Å². The van der Waals surface area contributed by atoms with Gasteiger partial charge in [0.2, 0.25) is 0 Å². The third-order valence-electron chi connectivity index (χ3n) is 5.47. The van der Waals surface area contributed by atoms with Crippen molar-refractivity contribution in [1.29, 1.82) is 5.26 Å². The van der Waals surface area contributed by atoms with Gasteiger partial charge in [0.15, 0.2) is 6.10 Å². The molecule has 0 spiro atoms. The van der Waals surface area contributed by atoms with Gasteiger partial charge in [-0.3, -0.25) is 9.59 Å². The number of carbonyl (C=O) groups is 2. The molecule has 0 fully saturated rings. The first-order valence-electron chi connectivity index (χ1n) is 10.1. The first-order valence-corrected chi connectivity index (χ1v) is 10.1. The minimum atomic E-state index is -0.994. The molecule has 0 saturated carbocycles. The predicted molar refractivity (Wildman–Crippen MR) is 117 cm³/mol. The normalized spacial score (nSPS) is 18.2. The van der Waals surface area contributed by atoms with Crippen LogP contribution in [-0.4, -0.2) is 57.2 Å². The highest BCUT2D eigenvalue weighted by Crippen LogP contribution is 2.38. The van der Waals surface area contributed by atoms with Gasteiger partial charge in [-0.2, -0.15) is 5.26 Å². The zero-order valence-corrected chi connectivity index (χ0v) is 18.3. The highest BCUT2D eigenvalue weighted by Gasteiger charge is 2.40.